The van der Waals surface area contributed by atoms with Crippen molar-refractivity contribution in [1.82, 2.24) is 4.57 Å². The predicted octanol–water partition coefficient (Wildman–Crippen LogP) is 1.90. The lowest BCUT2D eigenvalue weighted by Gasteiger charge is -2.03. The van der Waals surface area contributed by atoms with E-state index in [0.717, 1.165) is 12.8 Å². The summed E-state index contributed by atoms with van der Waals surface area (Å²) < 4.78 is 1.77. The zero-order valence-electron chi connectivity index (χ0n) is 8.63. The minimum absolute atomic E-state index is 0.116. The van der Waals surface area contributed by atoms with Gasteiger partial charge in [0, 0.05) is 18.8 Å². The van der Waals surface area contributed by atoms with Crippen molar-refractivity contribution in [2.75, 3.05) is 0 Å². The van der Waals surface area contributed by atoms with Gasteiger partial charge in [-0.2, -0.15) is 0 Å². The minimum Gasteiger partial charge on any atom is -0.315 e. The third kappa shape index (κ3) is 1.82. The molecule has 2 rings (SSSR count). The summed E-state index contributed by atoms with van der Waals surface area (Å²) in [5, 5.41) is 0. The molecule has 1 aliphatic carbocycles. The average molecular weight is 179 g/mol. The zero-order valence-corrected chi connectivity index (χ0v) is 8.63. The number of aromatic nitrogens is 1. The maximum atomic E-state index is 11.1. The first-order valence-corrected chi connectivity index (χ1v) is 4.97. The molecule has 1 heterocycles. The second-order valence-corrected chi connectivity index (χ2v) is 3.06. The van der Waals surface area contributed by atoms with Gasteiger partial charge >= 0.3 is 0 Å². The third-order valence-corrected chi connectivity index (χ3v) is 2.39. The molecule has 0 spiro atoms. The molecule has 0 N–H and O–H groups in total. The van der Waals surface area contributed by atoms with E-state index in [1.807, 2.05) is 27.0 Å². The van der Waals surface area contributed by atoms with Gasteiger partial charge in [-0.3, -0.25) is 4.79 Å². The van der Waals surface area contributed by atoms with Crippen molar-refractivity contribution >= 4 is 0 Å². The molecule has 0 unspecified atom stereocenters. The van der Waals surface area contributed by atoms with Crippen LogP contribution in [0, 0.1) is 0 Å². The monoisotopic (exact) mass is 179 g/mol. The Balaban J connectivity index is 0.000000396. The van der Waals surface area contributed by atoms with E-state index >= 15 is 0 Å². The van der Waals surface area contributed by atoms with Crippen LogP contribution in [0.1, 0.15) is 31.5 Å². The van der Waals surface area contributed by atoms with Crippen molar-refractivity contribution in [2.45, 2.75) is 33.1 Å². The Bertz CT molecular complexity index is 338. The maximum Gasteiger partial charge on any atom is 0.250 e. The van der Waals surface area contributed by atoms with Crippen LogP contribution in [0.2, 0.25) is 0 Å². The second kappa shape index (κ2) is 4.26. The number of fused-ring (bicyclic) bond motifs is 1. The van der Waals surface area contributed by atoms with Gasteiger partial charge in [0.15, 0.2) is 0 Å². The van der Waals surface area contributed by atoms with Crippen LogP contribution in [0.25, 0.3) is 0 Å². The van der Waals surface area contributed by atoms with Gasteiger partial charge in [0.2, 0.25) is 5.56 Å². The zero-order chi connectivity index (χ0) is 9.84. The Hall–Kier alpha value is -1.05. The standard InChI is InChI=1S/C9H11NO.C2H6/c1-10-8-4-2-3-7(8)5-6-9(10)11;1-2/h5-6H,2-4H2,1H3;1-2H3. The normalized spacial score (nSPS) is 13.2. The number of aryl methyl sites for hydroxylation is 1. The number of hydrogen-bond acceptors (Lipinski definition) is 1. The minimum atomic E-state index is 0.116. The van der Waals surface area contributed by atoms with E-state index in [0.29, 0.717) is 0 Å². The second-order valence-electron chi connectivity index (χ2n) is 3.06. The summed E-state index contributed by atoms with van der Waals surface area (Å²) >= 11 is 0. The summed E-state index contributed by atoms with van der Waals surface area (Å²) in [4.78, 5) is 11.1. The first-order valence-electron chi connectivity index (χ1n) is 4.97. The lowest BCUT2D eigenvalue weighted by molar-refractivity contribution is 0.779. The van der Waals surface area contributed by atoms with Crippen molar-refractivity contribution < 1.29 is 0 Å². The van der Waals surface area contributed by atoms with Crippen molar-refractivity contribution in [3.05, 3.63) is 33.7 Å². The summed E-state index contributed by atoms with van der Waals surface area (Å²) in [7, 11) is 1.85. The quantitative estimate of drug-likeness (QED) is 0.596. The van der Waals surface area contributed by atoms with E-state index in [2.05, 4.69) is 0 Å². The smallest absolute Gasteiger partial charge is 0.250 e. The summed E-state index contributed by atoms with van der Waals surface area (Å²) in [5.74, 6) is 0. The van der Waals surface area contributed by atoms with Gasteiger partial charge in [-0.25, -0.2) is 0 Å². The molecule has 0 bridgehead atoms. The van der Waals surface area contributed by atoms with Crippen LogP contribution in [0.4, 0.5) is 0 Å². The molecule has 0 saturated heterocycles. The fourth-order valence-corrected chi connectivity index (χ4v) is 1.73. The molecule has 13 heavy (non-hydrogen) atoms. The molecule has 1 aliphatic rings. The highest BCUT2D eigenvalue weighted by Crippen LogP contribution is 2.18. The fraction of sp³-hybridized carbons (Fsp3) is 0.545. The van der Waals surface area contributed by atoms with Gasteiger partial charge in [-0.05, 0) is 24.8 Å². The lowest BCUT2D eigenvalue weighted by Crippen LogP contribution is -2.18. The molecule has 72 valence electrons. The number of pyridine rings is 1. The van der Waals surface area contributed by atoms with Crippen LogP contribution in [0.3, 0.4) is 0 Å². The highest BCUT2D eigenvalue weighted by atomic mass is 16.1. The molecule has 0 aromatic carbocycles. The molecule has 0 saturated carbocycles. The summed E-state index contributed by atoms with van der Waals surface area (Å²) in [6, 6.07) is 3.62. The van der Waals surface area contributed by atoms with Gasteiger partial charge in [0.1, 0.15) is 0 Å². The predicted molar refractivity (Wildman–Crippen MR) is 55.1 cm³/mol. The van der Waals surface area contributed by atoms with Crippen LogP contribution in [-0.4, -0.2) is 4.57 Å². The topological polar surface area (TPSA) is 22.0 Å². The van der Waals surface area contributed by atoms with Crippen LogP contribution in [0.5, 0.6) is 0 Å². The van der Waals surface area contributed by atoms with Gasteiger partial charge in [-0.15, -0.1) is 0 Å². The van der Waals surface area contributed by atoms with E-state index in [1.54, 1.807) is 10.6 Å². The van der Waals surface area contributed by atoms with Crippen LogP contribution in [0.15, 0.2) is 16.9 Å². The molecular weight excluding hydrogens is 162 g/mol. The molecule has 0 radical (unpaired) electrons. The van der Waals surface area contributed by atoms with Gasteiger partial charge in [-0.1, -0.05) is 19.9 Å². The first-order chi connectivity index (χ1) is 6.29. The first kappa shape index (κ1) is 10.0. The Morgan fingerprint density at radius 1 is 1.23 bits per heavy atom. The Labute approximate surface area is 79.2 Å². The van der Waals surface area contributed by atoms with E-state index in [4.69, 9.17) is 0 Å². The van der Waals surface area contributed by atoms with Crippen molar-refractivity contribution in [3.63, 3.8) is 0 Å². The molecule has 0 fully saturated rings. The fourth-order valence-electron chi connectivity index (χ4n) is 1.73. The Morgan fingerprint density at radius 3 is 2.62 bits per heavy atom. The number of hydrogen-bond donors (Lipinski definition) is 0. The van der Waals surface area contributed by atoms with Crippen LogP contribution in [-0.2, 0) is 19.9 Å². The van der Waals surface area contributed by atoms with E-state index < -0.39 is 0 Å². The molecule has 0 aliphatic heterocycles. The Kier molecular flexibility index (Phi) is 3.29. The molecule has 1 aromatic rings. The largest absolute Gasteiger partial charge is 0.315 e. The number of nitrogens with zero attached hydrogens (tertiary/aromatic N) is 1. The van der Waals surface area contributed by atoms with Crippen LogP contribution >= 0.6 is 0 Å². The molecule has 0 amide bonds. The lowest BCUT2D eigenvalue weighted by atomic mass is 10.2. The summed E-state index contributed by atoms with van der Waals surface area (Å²) in [5.41, 5.74) is 2.70. The molecular formula is C11H17NO. The van der Waals surface area contributed by atoms with Crippen molar-refractivity contribution in [3.8, 4) is 0 Å². The highest BCUT2D eigenvalue weighted by molar-refractivity contribution is 5.25. The number of rotatable bonds is 0. The van der Waals surface area contributed by atoms with E-state index in [9.17, 15) is 4.79 Å². The van der Waals surface area contributed by atoms with E-state index in [-0.39, 0.29) is 5.56 Å². The Morgan fingerprint density at radius 2 is 1.92 bits per heavy atom. The third-order valence-electron chi connectivity index (χ3n) is 2.39. The molecule has 2 nitrogen and oxygen atoms in total. The van der Waals surface area contributed by atoms with Crippen LogP contribution < -0.4 is 5.56 Å². The molecule has 1 aromatic heterocycles. The van der Waals surface area contributed by atoms with Gasteiger partial charge in [0.05, 0.1) is 0 Å². The molecule has 2 heteroatoms. The SMILES string of the molecule is CC.Cn1c2c(ccc1=O)CCC2. The molecule has 0 atom stereocenters. The average Bonchev–Trinajstić information content (AvgIpc) is 2.63. The van der Waals surface area contributed by atoms with Gasteiger partial charge in [0.25, 0.3) is 0 Å². The van der Waals surface area contributed by atoms with Gasteiger partial charge < -0.3 is 4.57 Å². The van der Waals surface area contributed by atoms with Crippen molar-refractivity contribution in [2.24, 2.45) is 7.05 Å². The van der Waals surface area contributed by atoms with Crippen molar-refractivity contribution in [1.29, 1.82) is 0 Å². The van der Waals surface area contributed by atoms with E-state index in [1.165, 1.54) is 17.7 Å². The summed E-state index contributed by atoms with van der Waals surface area (Å²) in [6.07, 6.45) is 3.41. The maximum absolute atomic E-state index is 11.1. The summed E-state index contributed by atoms with van der Waals surface area (Å²) in [6.45, 7) is 4.00. The highest BCUT2D eigenvalue weighted by Gasteiger charge is 2.12.